The molecule has 1 N–H and O–H groups in total. The molecule has 0 saturated heterocycles. The van der Waals surface area contributed by atoms with E-state index in [0.29, 0.717) is 31.2 Å². The van der Waals surface area contributed by atoms with Crippen LogP contribution in [0.1, 0.15) is 60.3 Å². The number of carbonyl (C=O) groups excluding carboxylic acids is 1. The fourth-order valence-electron chi connectivity index (χ4n) is 3.10. The highest BCUT2D eigenvalue weighted by Crippen LogP contribution is 2.34. The summed E-state index contributed by atoms with van der Waals surface area (Å²) in [7, 11) is 1.65. The van der Waals surface area contributed by atoms with Crippen molar-refractivity contribution >= 4 is 6.09 Å². The summed E-state index contributed by atoms with van der Waals surface area (Å²) in [4.78, 5) is 14.0. The second kappa shape index (κ2) is 8.88. The van der Waals surface area contributed by atoms with E-state index in [0.717, 1.165) is 6.54 Å². The second-order valence-electron chi connectivity index (χ2n) is 8.37. The number of hydrogen-bond donors (Lipinski definition) is 1. The molecule has 1 fully saturated rings. The third-order valence-electron chi connectivity index (χ3n) is 4.24. The van der Waals surface area contributed by atoms with Crippen molar-refractivity contribution in [2.24, 2.45) is 5.41 Å². The molecular weight excluding hydrogens is 292 g/mol. The molecule has 1 aliphatic rings. The Morgan fingerprint density at radius 1 is 1.30 bits per heavy atom. The summed E-state index contributed by atoms with van der Waals surface area (Å²) in [5.74, 6) is 0. The molecule has 0 heterocycles. The molecule has 5 heteroatoms. The number of methoxy groups -OCH3 is 1. The van der Waals surface area contributed by atoms with Crippen LogP contribution in [-0.4, -0.2) is 56.0 Å². The zero-order valence-electron chi connectivity index (χ0n) is 15.9. The summed E-state index contributed by atoms with van der Waals surface area (Å²) in [6.45, 7) is 12.9. The van der Waals surface area contributed by atoms with Crippen LogP contribution >= 0.6 is 0 Å². The van der Waals surface area contributed by atoms with Crippen LogP contribution in [0.2, 0.25) is 0 Å². The van der Waals surface area contributed by atoms with Crippen LogP contribution < -0.4 is 5.32 Å². The topological polar surface area (TPSA) is 50.8 Å². The van der Waals surface area contributed by atoms with Crippen molar-refractivity contribution in [1.29, 1.82) is 0 Å². The van der Waals surface area contributed by atoms with Gasteiger partial charge in [0.1, 0.15) is 5.60 Å². The van der Waals surface area contributed by atoms with Gasteiger partial charge in [-0.05, 0) is 45.4 Å². The largest absolute Gasteiger partial charge is 0.444 e. The van der Waals surface area contributed by atoms with Gasteiger partial charge in [-0.15, -0.1) is 0 Å². The van der Waals surface area contributed by atoms with Crippen LogP contribution in [0.3, 0.4) is 0 Å². The first-order valence-electron chi connectivity index (χ1n) is 8.83. The lowest BCUT2D eigenvalue weighted by Gasteiger charge is -2.36. The van der Waals surface area contributed by atoms with Crippen molar-refractivity contribution in [3.63, 3.8) is 0 Å². The third kappa shape index (κ3) is 8.56. The molecule has 0 bridgehead atoms. The lowest BCUT2D eigenvalue weighted by molar-refractivity contribution is 0.0201. The number of carbonyl (C=O) groups is 1. The molecule has 0 spiro atoms. The quantitative estimate of drug-likeness (QED) is 0.778. The van der Waals surface area contributed by atoms with Crippen molar-refractivity contribution in [3.05, 3.63) is 0 Å². The minimum Gasteiger partial charge on any atom is -0.444 e. The minimum absolute atomic E-state index is 0.264. The first-order valence-corrected chi connectivity index (χ1v) is 8.83. The standard InChI is InChI=1S/C18H36N2O3/c1-17(2,3)23-16(21)20(12-13-22-6)11-10-19-15-8-7-9-18(4,5)14-15/h15,19H,7-14H2,1-6H3. The molecule has 1 aliphatic carbocycles. The Kier molecular flexibility index (Phi) is 7.81. The SMILES string of the molecule is COCCN(CCNC1CCCC(C)(C)C1)C(=O)OC(C)(C)C. The number of hydrogen-bond acceptors (Lipinski definition) is 4. The lowest BCUT2D eigenvalue weighted by atomic mass is 9.75. The summed E-state index contributed by atoms with van der Waals surface area (Å²) >= 11 is 0. The van der Waals surface area contributed by atoms with Gasteiger partial charge in [0.25, 0.3) is 0 Å². The van der Waals surface area contributed by atoms with Gasteiger partial charge in [0.2, 0.25) is 0 Å². The van der Waals surface area contributed by atoms with Crippen LogP contribution in [0.15, 0.2) is 0 Å². The number of ether oxygens (including phenoxy) is 2. The van der Waals surface area contributed by atoms with E-state index in [-0.39, 0.29) is 6.09 Å². The molecule has 0 aromatic rings. The van der Waals surface area contributed by atoms with Crippen molar-refractivity contribution in [2.45, 2.75) is 71.9 Å². The number of amides is 1. The van der Waals surface area contributed by atoms with E-state index >= 15 is 0 Å². The van der Waals surface area contributed by atoms with Crippen LogP contribution in [0.4, 0.5) is 4.79 Å². The highest BCUT2D eigenvalue weighted by Gasteiger charge is 2.28. The molecule has 1 rings (SSSR count). The molecule has 0 aromatic carbocycles. The van der Waals surface area contributed by atoms with Gasteiger partial charge >= 0.3 is 6.09 Å². The zero-order valence-corrected chi connectivity index (χ0v) is 15.9. The average molecular weight is 328 g/mol. The fraction of sp³-hybridized carbons (Fsp3) is 0.944. The second-order valence-corrected chi connectivity index (χ2v) is 8.37. The van der Waals surface area contributed by atoms with Crippen molar-refractivity contribution in [3.8, 4) is 0 Å². The number of nitrogens with one attached hydrogen (secondary N) is 1. The van der Waals surface area contributed by atoms with E-state index in [2.05, 4.69) is 19.2 Å². The van der Waals surface area contributed by atoms with E-state index in [1.165, 1.54) is 25.7 Å². The molecule has 5 nitrogen and oxygen atoms in total. The Labute approximate surface area is 142 Å². The smallest absolute Gasteiger partial charge is 0.410 e. The maximum absolute atomic E-state index is 12.3. The van der Waals surface area contributed by atoms with E-state index in [1.54, 1.807) is 12.0 Å². The molecule has 23 heavy (non-hydrogen) atoms. The van der Waals surface area contributed by atoms with Crippen LogP contribution in [0.5, 0.6) is 0 Å². The normalized spacial score (nSPS) is 21.0. The monoisotopic (exact) mass is 328 g/mol. The predicted octanol–water partition coefficient (Wildman–Crippen LogP) is 3.43. The Hall–Kier alpha value is -0.810. The summed E-state index contributed by atoms with van der Waals surface area (Å²) in [6, 6.07) is 0.557. The molecule has 1 atom stereocenters. The molecule has 1 saturated carbocycles. The lowest BCUT2D eigenvalue weighted by Crippen LogP contribution is -2.45. The van der Waals surface area contributed by atoms with Crippen LogP contribution in [-0.2, 0) is 9.47 Å². The van der Waals surface area contributed by atoms with E-state index in [1.807, 2.05) is 20.8 Å². The Bertz CT molecular complexity index is 364. The molecule has 1 unspecified atom stereocenters. The summed E-state index contributed by atoms with van der Waals surface area (Å²) in [6.07, 6.45) is 4.76. The Morgan fingerprint density at radius 2 is 2.00 bits per heavy atom. The van der Waals surface area contributed by atoms with Crippen LogP contribution in [0.25, 0.3) is 0 Å². The Balaban J connectivity index is 2.42. The van der Waals surface area contributed by atoms with Gasteiger partial charge in [-0.3, -0.25) is 0 Å². The number of nitrogens with zero attached hydrogens (tertiary/aromatic N) is 1. The van der Waals surface area contributed by atoms with E-state index in [9.17, 15) is 4.79 Å². The molecule has 136 valence electrons. The van der Waals surface area contributed by atoms with Gasteiger partial charge < -0.3 is 19.7 Å². The molecule has 1 amide bonds. The minimum atomic E-state index is -0.469. The molecule has 0 aliphatic heterocycles. The van der Waals surface area contributed by atoms with Gasteiger partial charge in [-0.1, -0.05) is 20.3 Å². The molecular formula is C18H36N2O3. The van der Waals surface area contributed by atoms with E-state index < -0.39 is 5.60 Å². The summed E-state index contributed by atoms with van der Waals surface area (Å²) < 4.78 is 10.6. The average Bonchev–Trinajstić information content (AvgIpc) is 2.39. The van der Waals surface area contributed by atoms with Crippen molar-refractivity contribution in [1.82, 2.24) is 10.2 Å². The third-order valence-corrected chi connectivity index (χ3v) is 4.24. The predicted molar refractivity (Wildman–Crippen MR) is 93.7 cm³/mol. The maximum atomic E-state index is 12.3. The van der Waals surface area contributed by atoms with Gasteiger partial charge in [0.15, 0.2) is 0 Å². The molecule has 0 radical (unpaired) electrons. The molecule has 0 aromatic heterocycles. The highest BCUT2D eigenvalue weighted by molar-refractivity contribution is 5.68. The first-order chi connectivity index (χ1) is 10.6. The highest BCUT2D eigenvalue weighted by atomic mass is 16.6. The van der Waals surface area contributed by atoms with Gasteiger partial charge in [-0.2, -0.15) is 0 Å². The van der Waals surface area contributed by atoms with Crippen molar-refractivity contribution in [2.75, 3.05) is 33.4 Å². The summed E-state index contributed by atoms with van der Waals surface area (Å²) in [5, 5.41) is 3.61. The first kappa shape index (κ1) is 20.2. The zero-order chi connectivity index (χ0) is 17.5. The van der Waals surface area contributed by atoms with Crippen molar-refractivity contribution < 1.29 is 14.3 Å². The Morgan fingerprint density at radius 3 is 2.57 bits per heavy atom. The fourth-order valence-corrected chi connectivity index (χ4v) is 3.10. The number of rotatable bonds is 7. The van der Waals surface area contributed by atoms with Gasteiger partial charge in [0.05, 0.1) is 6.61 Å². The van der Waals surface area contributed by atoms with Gasteiger partial charge in [-0.25, -0.2) is 4.79 Å². The summed E-state index contributed by atoms with van der Waals surface area (Å²) in [5.41, 5.74) is -0.0416. The van der Waals surface area contributed by atoms with Crippen LogP contribution in [0, 0.1) is 5.41 Å². The van der Waals surface area contributed by atoms with E-state index in [4.69, 9.17) is 9.47 Å². The van der Waals surface area contributed by atoms with Gasteiger partial charge in [0, 0.05) is 32.8 Å². The maximum Gasteiger partial charge on any atom is 0.410 e.